The highest BCUT2D eigenvalue weighted by Gasteiger charge is 2.33. The standard InChI is InChI=1S/C17H18F3N/c1-16(2,3)11-8-9-15(21)13(10-11)12-6-4-5-7-14(12)17(18,19)20/h4-10H,21H2,1-3H3. The van der Waals surface area contributed by atoms with Gasteiger partial charge in [-0.1, -0.05) is 45.0 Å². The van der Waals surface area contributed by atoms with Crippen LogP contribution in [0.3, 0.4) is 0 Å². The Bertz CT molecular complexity index is 652. The summed E-state index contributed by atoms with van der Waals surface area (Å²) < 4.78 is 39.5. The average Bonchev–Trinajstić information content (AvgIpc) is 2.37. The fourth-order valence-corrected chi connectivity index (χ4v) is 2.22. The minimum absolute atomic E-state index is 0.119. The molecule has 2 N–H and O–H groups in total. The van der Waals surface area contributed by atoms with Crippen molar-refractivity contribution >= 4 is 5.69 Å². The molecule has 0 bridgehead atoms. The first-order valence-corrected chi connectivity index (χ1v) is 6.67. The monoisotopic (exact) mass is 293 g/mol. The van der Waals surface area contributed by atoms with Gasteiger partial charge in [0.1, 0.15) is 0 Å². The van der Waals surface area contributed by atoms with Crippen LogP contribution in [0.4, 0.5) is 18.9 Å². The molecule has 2 rings (SSSR count). The predicted octanol–water partition coefficient (Wildman–Crippen LogP) is 5.25. The predicted molar refractivity (Wildman–Crippen MR) is 80.0 cm³/mol. The maximum absolute atomic E-state index is 13.2. The fourth-order valence-electron chi connectivity index (χ4n) is 2.22. The van der Waals surface area contributed by atoms with Crippen LogP contribution in [0.25, 0.3) is 11.1 Å². The van der Waals surface area contributed by atoms with Crippen molar-refractivity contribution in [2.24, 2.45) is 0 Å². The zero-order chi connectivity index (χ0) is 15.8. The van der Waals surface area contributed by atoms with Crippen LogP contribution in [-0.2, 0) is 11.6 Å². The van der Waals surface area contributed by atoms with E-state index in [0.717, 1.165) is 11.6 Å². The topological polar surface area (TPSA) is 26.0 Å². The van der Waals surface area contributed by atoms with Crippen molar-refractivity contribution in [3.05, 3.63) is 53.6 Å². The van der Waals surface area contributed by atoms with Crippen molar-refractivity contribution in [3.63, 3.8) is 0 Å². The molecule has 0 heterocycles. The quantitative estimate of drug-likeness (QED) is 0.714. The molecule has 0 fully saturated rings. The fraction of sp³-hybridized carbons (Fsp3) is 0.294. The molecule has 1 nitrogen and oxygen atoms in total. The second kappa shape index (κ2) is 5.10. The number of alkyl halides is 3. The summed E-state index contributed by atoms with van der Waals surface area (Å²) in [5, 5.41) is 0. The lowest BCUT2D eigenvalue weighted by molar-refractivity contribution is -0.137. The number of anilines is 1. The SMILES string of the molecule is CC(C)(C)c1ccc(N)c(-c2ccccc2C(F)(F)F)c1. The van der Waals surface area contributed by atoms with Gasteiger partial charge in [-0.25, -0.2) is 0 Å². The maximum atomic E-state index is 13.2. The molecule has 0 aromatic heterocycles. The van der Waals surface area contributed by atoms with Crippen LogP contribution in [0, 0.1) is 0 Å². The summed E-state index contributed by atoms with van der Waals surface area (Å²) in [6.07, 6.45) is -4.40. The van der Waals surface area contributed by atoms with Crippen LogP contribution in [-0.4, -0.2) is 0 Å². The van der Waals surface area contributed by atoms with Gasteiger partial charge in [0.05, 0.1) is 5.56 Å². The Labute approximate surface area is 122 Å². The minimum atomic E-state index is -4.40. The van der Waals surface area contributed by atoms with Crippen molar-refractivity contribution in [2.75, 3.05) is 5.73 Å². The van der Waals surface area contributed by atoms with Crippen molar-refractivity contribution in [1.82, 2.24) is 0 Å². The van der Waals surface area contributed by atoms with E-state index in [0.29, 0.717) is 11.3 Å². The third kappa shape index (κ3) is 3.20. The lowest BCUT2D eigenvalue weighted by Crippen LogP contribution is -2.12. The van der Waals surface area contributed by atoms with E-state index in [1.807, 2.05) is 26.8 Å². The maximum Gasteiger partial charge on any atom is 0.417 e. The Kier molecular flexibility index (Phi) is 3.74. The van der Waals surface area contributed by atoms with Gasteiger partial charge in [0.25, 0.3) is 0 Å². The van der Waals surface area contributed by atoms with E-state index in [9.17, 15) is 13.2 Å². The number of halogens is 3. The highest BCUT2D eigenvalue weighted by atomic mass is 19.4. The molecule has 0 radical (unpaired) electrons. The Hall–Kier alpha value is -1.97. The third-order valence-electron chi connectivity index (χ3n) is 3.44. The number of nitrogens with two attached hydrogens (primary N) is 1. The van der Waals surface area contributed by atoms with Crippen LogP contribution >= 0.6 is 0 Å². The summed E-state index contributed by atoms with van der Waals surface area (Å²) >= 11 is 0. The number of hydrogen-bond donors (Lipinski definition) is 1. The Morgan fingerprint density at radius 1 is 0.857 bits per heavy atom. The highest BCUT2D eigenvalue weighted by Crippen LogP contribution is 2.40. The van der Waals surface area contributed by atoms with E-state index in [4.69, 9.17) is 5.73 Å². The lowest BCUT2D eigenvalue weighted by atomic mass is 9.84. The van der Waals surface area contributed by atoms with Crippen molar-refractivity contribution < 1.29 is 13.2 Å². The minimum Gasteiger partial charge on any atom is -0.398 e. The molecule has 112 valence electrons. The second-order valence-electron chi connectivity index (χ2n) is 6.10. The number of rotatable bonds is 1. The molecule has 2 aromatic carbocycles. The van der Waals surface area contributed by atoms with E-state index in [-0.39, 0.29) is 11.0 Å². The van der Waals surface area contributed by atoms with E-state index in [1.54, 1.807) is 18.2 Å². The molecule has 0 atom stereocenters. The average molecular weight is 293 g/mol. The van der Waals surface area contributed by atoms with Crippen molar-refractivity contribution in [1.29, 1.82) is 0 Å². The first-order valence-electron chi connectivity index (χ1n) is 6.67. The van der Waals surface area contributed by atoms with Gasteiger partial charge in [0.2, 0.25) is 0 Å². The molecule has 0 amide bonds. The van der Waals surface area contributed by atoms with Gasteiger partial charge in [-0.3, -0.25) is 0 Å². The van der Waals surface area contributed by atoms with E-state index in [1.165, 1.54) is 12.1 Å². The summed E-state index contributed by atoms with van der Waals surface area (Å²) in [6, 6.07) is 10.8. The smallest absolute Gasteiger partial charge is 0.398 e. The molecule has 2 aromatic rings. The summed E-state index contributed by atoms with van der Waals surface area (Å²) in [4.78, 5) is 0. The van der Waals surface area contributed by atoms with Gasteiger partial charge in [-0.2, -0.15) is 13.2 Å². The lowest BCUT2D eigenvalue weighted by Gasteiger charge is -2.22. The van der Waals surface area contributed by atoms with E-state index < -0.39 is 11.7 Å². The molecule has 0 aliphatic carbocycles. The van der Waals surface area contributed by atoms with Gasteiger partial charge in [-0.15, -0.1) is 0 Å². The van der Waals surface area contributed by atoms with E-state index in [2.05, 4.69) is 0 Å². The molecular formula is C17H18F3N. The Morgan fingerprint density at radius 2 is 1.48 bits per heavy atom. The molecule has 0 aliphatic heterocycles. The van der Waals surface area contributed by atoms with Crippen LogP contribution in [0.15, 0.2) is 42.5 Å². The van der Waals surface area contributed by atoms with Crippen molar-refractivity contribution in [2.45, 2.75) is 32.4 Å². The Morgan fingerprint density at radius 3 is 2.05 bits per heavy atom. The highest BCUT2D eigenvalue weighted by molar-refractivity contribution is 5.79. The van der Waals surface area contributed by atoms with Crippen LogP contribution in [0.2, 0.25) is 0 Å². The largest absolute Gasteiger partial charge is 0.417 e. The number of hydrogen-bond acceptors (Lipinski definition) is 1. The molecule has 21 heavy (non-hydrogen) atoms. The van der Waals surface area contributed by atoms with Gasteiger partial charge < -0.3 is 5.73 Å². The van der Waals surface area contributed by atoms with Gasteiger partial charge in [-0.05, 0) is 34.7 Å². The zero-order valence-corrected chi connectivity index (χ0v) is 12.3. The first kappa shape index (κ1) is 15.4. The summed E-state index contributed by atoms with van der Waals surface area (Å²) in [5.41, 5.74) is 6.93. The normalized spacial score (nSPS) is 12.5. The number of nitrogen functional groups attached to an aromatic ring is 1. The van der Waals surface area contributed by atoms with Crippen LogP contribution in [0.5, 0.6) is 0 Å². The third-order valence-corrected chi connectivity index (χ3v) is 3.44. The summed E-state index contributed by atoms with van der Waals surface area (Å²) in [6.45, 7) is 6.04. The van der Waals surface area contributed by atoms with Gasteiger partial charge in [0, 0.05) is 11.3 Å². The second-order valence-corrected chi connectivity index (χ2v) is 6.10. The summed E-state index contributed by atoms with van der Waals surface area (Å²) in [7, 11) is 0. The summed E-state index contributed by atoms with van der Waals surface area (Å²) in [5.74, 6) is 0. The molecule has 0 saturated heterocycles. The van der Waals surface area contributed by atoms with Gasteiger partial charge in [0.15, 0.2) is 0 Å². The first-order chi connectivity index (χ1) is 9.60. The molecule has 4 heteroatoms. The zero-order valence-electron chi connectivity index (χ0n) is 12.3. The van der Waals surface area contributed by atoms with Crippen LogP contribution < -0.4 is 5.73 Å². The van der Waals surface area contributed by atoms with Crippen molar-refractivity contribution in [3.8, 4) is 11.1 Å². The molecule has 0 spiro atoms. The molecule has 0 saturated carbocycles. The Balaban J connectivity index is 2.68. The van der Waals surface area contributed by atoms with Crippen LogP contribution in [0.1, 0.15) is 31.9 Å². The molecule has 0 aliphatic rings. The molecule has 0 unspecified atom stereocenters. The number of benzene rings is 2. The van der Waals surface area contributed by atoms with Gasteiger partial charge >= 0.3 is 6.18 Å². The molecular weight excluding hydrogens is 275 g/mol. The van der Waals surface area contributed by atoms with E-state index >= 15 is 0 Å².